The number of hydrogen-bond acceptors (Lipinski definition) is 8. The predicted octanol–water partition coefficient (Wildman–Crippen LogP) is 2.25. The highest BCUT2D eigenvalue weighted by Crippen LogP contribution is 2.28. The van der Waals surface area contributed by atoms with Crippen LogP contribution in [0.4, 0.5) is 10.1 Å². The molecule has 0 N–H and O–H groups in total. The summed E-state index contributed by atoms with van der Waals surface area (Å²) >= 11 is 12.9. The van der Waals surface area contributed by atoms with Gasteiger partial charge in [0.15, 0.2) is 9.77 Å². The Bertz CT molecular complexity index is 1690. The van der Waals surface area contributed by atoms with Crippen molar-refractivity contribution in [3.63, 3.8) is 0 Å². The van der Waals surface area contributed by atoms with Gasteiger partial charge in [-0.2, -0.15) is 0 Å². The van der Waals surface area contributed by atoms with Crippen LogP contribution >= 0.6 is 35.2 Å². The molecule has 0 saturated heterocycles. The minimum absolute atomic E-state index is 0.179. The van der Waals surface area contributed by atoms with Crippen LogP contribution in [0.1, 0.15) is 33.1 Å². The Morgan fingerprint density at radius 2 is 1.81 bits per heavy atom. The molecule has 0 unspecified atom stereocenters. The highest BCUT2D eigenvalue weighted by molar-refractivity contribution is 7.73. The lowest BCUT2D eigenvalue weighted by Crippen LogP contribution is -2.54. The molecular weight excluding hydrogens is 547 g/mol. The lowest BCUT2D eigenvalue weighted by atomic mass is 10.2. The monoisotopic (exact) mass is 570 g/mol. The van der Waals surface area contributed by atoms with Gasteiger partial charge in [0, 0.05) is 20.1 Å². The molecule has 15 heteroatoms. The van der Waals surface area contributed by atoms with Crippen molar-refractivity contribution in [2.75, 3.05) is 0 Å². The van der Waals surface area contributed by atoms with Crippen molar-refractivity contribution in [3.05, 3.63) is 63.2 Å². The highest BCUT2D eigenvalue weighted by atomic mass is 35.5. The number of benzene rings is 1. The number of halogens is 2. The predicted molar refractivity (Wildman–Crippen MR) is 138 cm³/mol. The number of rotatable bonds is 5. The first kappa shape index (κ1) is 26.9. The number of carbonyl (C=O) groups is 1. The molecule has 0 bridgehead atoms. The standard InChI is InChI=1S/C22H24ClFN6O5S2/c1-12(2)35-17(31)11-27-19(32)26(3)20(33)30(21(27)34)16-10-15(14(24)9-13(16)23)25-18-28-7-5-4-6-8-29(28)22(36)37-18/h9-10,12H,4-8,11H2,1-3H3. The van der Waals surface area contributed by atoms with Gasteiger partial charge in [-0.05, 0) is 57.5 Å². The van der Waals surface area contributed by atoms with Crippen molar-refractivity contribution in [2.45, 2.75) is 58.8 Å². The Balaban J connectivity index is 1.92. The number of nitrogens with zero attached hydrogens (tertiary/aromatic N) is 6. The molecule has 0 atom stereocenters. The van der Waals surface area contributed by atoms with Gasteiger partial charge in [0.1, 0.15) is 12.2 Å². The van der Waals surface area contributed by atoms with Crippen LogP contribution < -0.4 is 21.9 Å². The van der Waals surface area contributed by atoms with Gasteiger partial charge in [0.2, 0.25) is 4.80 Å². The molecule has 0 spiro atoms. The first-order chi connectivity index (χ1) is 17.5. The summed E-state index contributed by atoms with van der Waals surface area (Å²) in [6.07, 6.45) is 2.43. The summed E-state index contributed by atoms with van der Waals surface area (Å²) in [7, 11) is 1.15. The Morgan fingerprint density at radius 3 is 2.49 bits per heavy atom. The van der Waals surface area contributed by atoms with Crippen molar-refractivity contribution in [1.29, 1.82) is 0 Å². The van der Waals surface area contributed by atoms with E-state index >= 15 is 0 Å². The largest absolute Gasteiger partial charge is 0.462 e. The summed E-state index contributed by atoms with van der Waals surface area (Å²) in [6.45, 7) is 3.89. The van der Waals surface area contributed by atoms with Gasteiger partial charge in [-0.25, -0.2) is 37.5 Å². The van der Waals surface area contributed by atoms with Crippen LogP contribution in [0.3, 0.4) is 0 Å². The zero-order valence-electron chi connectivity index (χ0n) is 20.3. The van der Waals surface area contributed by atoms with Crippen LogP contribution in [-0.4, -0.2) is 35.1 Å². The SMILES string of the molecule is CC(C)OC(=O)Cn1c(=O)n(C)c(=O)n(-c2cc(N=c3sc(=S)n4n3CCCCC4)c(F)cc2Cl)c1=O. The molecular formula is C22H24ClFN6O5S2. The Hall–Kier alpha value is -3.10. The van der Waals surface area contributed by atoms with Gasteiger partial charge in [-0.3, -0.25) is 14.2 Å². The van der Waals surface area contributed by atoms with Crippen LogP contribution in [0.5, 0.6) is 0 Å². The van der Waals surface area contributed by atoms with E-state index in [2.05, 4.69) is 4.99 Å². The molecule has 1 aliphatic heterocycles. The normalized spacial score (nSPS) is 14.1. The summed E-state index contributed by atoms with van der Waals surface area (Å²) in [5.41, 5.74) is -3.54. The van der Waals surface area contributed by atoms with E-state index < -0.39 is 41.5 Å². The number of ether oxygens (including phenoxy) is 1. The van der Waals surface area contributed by atoms with Crippen LogP contribution in [0, 0.1) is 9.77 Å². The van der Waals surface area contributed by atoms with Crippen molar-refractivity contribution >= 4 is 46.8 Å². The topological polar surface area (TPSA) is 115 Å². The minimum Gasteiger partial charge on any atom is -0.462 e. The molecule has 0 radical (unpaired) electrons. The molecule has 1 aromatic carbocycles. The molecule has 37 heavy (non-hydrogen) atoms. The Morgan fingerprint density at radius 1 is 1.14 bits per heavy atom. The zero-order chi connectivity index (χ0) is 27.0. The number of esters is 1. The second-order valence-electron chi connectivity index (χ2n) is 8.69. The molecule has 0 aliphatic carbocycles. The zero-order valence-corrected chi connectivity index (χ0v) is 22.7. The van der Waals surface area contributed by atoms with Crippen molar-refractivity contribution in [3.8, 4) is 5.69 Å². The maximum Gasteiger partial charge on any atom is 0.341 e. The van der Waals surface area contributed by atoms with Crippen molar-refractivity contribution in [2.24, 2.45) is 12.0 Å². The first-order valence-electron chi connectivity index (χ1n) is 11.5. The summed E-state index contributed by atoms with van der Waals surface area (Å²) in [4.78, 5) is 55.9. The van der Waals surface area contributed by atoms with E-state index in [1.54, 1.807) is 13.8 Å². The van der Waals surface area contributed by atoms with Gasteiger partial charge in [-0.15, -0.1) is 0 Å². The molecule has 4 rings (SSSR count). The van der Waals surface area contributed by atoms with Gasteiger partial charge in [0.25, 0.3) is 0 Å². The third kappa shape index (κ3) is 5.31. The Labute approximate surface area is 223 Å². The lowest BCUT2D eigenvalue weighted by Gasteiger charge is -2.14. The fourth-order valence-corrected chi connectivity index (χ4v) is 5.49. The van der Waals surface area contributed by atoms with E-state index in [1.165, 1.54) is 11.3 Å². The van der Waals surface area contributed by atoms with Crippen molar-refractivity contribution in [1.82, 2.24) is 23.1 Å². The lowest BCUT2D eigenvalue weighted by molar-refractivity contribution is -0.148. The third-order valence-electron chi connectivity index (χ3n) is 5.69. The first-order valence-corrected chi connectivity index (χ1v) is 13.1. The summed E-state index contributed by atoms with van der Waals surface area (Å²) in [5.74, 6) is -1.62. The number of aromatic nitrogens is 5. The Kier molecular flexibility index (Phi) is 7.80. The summed E-state index contributed by atoms with van der Waals surface area (Å²) in [5, 5.41) is -0.262. The van der Waals surface area contributed by atoms with E-state index in [-0.39, 0.29) is 16.4 Å². The average molecular weight is 571 g/mol. The molecule has 0 fully saturated rings. The van der Waals surface area contributed by atoms with Gasteiger partial charge in [-0.1, -0.05) is 22.9 Å². The van der Waals surface area contributed by atoms with Gasteiger partial charge >= 0.3 is 23.0 Å². The summed E-state index contributed by atoms with van der Waals surface area (Å²) < 4.78 is 26.2. The molecule has 0 saturated carbocycles. The van der Waals surface area contributed by atoms with Crippen LogP contribution in [0.25, 0.3) is 5.69 Å². The third-order valence-corrected chi connectivity index (χ3v) is 7.32. The maximum absolute atomic E-state index is 15.0. The second kappa shape index (κ2) is 10.7. The second-order valence-corrected chi connectivity index (χ2v) is 10.7. The molecule has 2 aromatic heterocycles. The van der Waals surface area contributed by atoms with Crippen LogP contribution in [0.2, 0.25) is 5.02 Å². The van der Waals surface area contributed by atoms with Crippen LogP contribution in [0.15, 0.2) is 31.5 Å². The number of carbonyl (C=O) groups excluding carboxylic acids is 1. The van der Waals surface area contributed by atoms with Gasteiger partial charge in [0.05, 0.1) is 16.8 Å². The number of hydrogen-bond donors (Lipinski definition) is 0. The molecule has 3 aromatic rings. The molecule has 0 amide bonds. The molecule has 1 aliphatic rings. The van der Waals surface area contributed by atoms with E-state index in [0.29, 0.717) is 29.0 Å². The average Bonchev–Trinajstić information content (AvgIpc) is 2.98. The van der Waals surface area contributed by atoms with Gasteiger partial charge < -0.3 is 4.74 Å². The molecule has 198 valence electrons. The molecule has 11 nitrogen and oxygen atoms in total. The maximum atomic E-state index is 15.0. The van der Waals surface area contributed by atoms with E-state index in [9.17, 15) is 23.6 Å². The van der Waals surface area contributed by atoms with E-state index in [1.807, 2.05) is 9.36 Å². The van der Waals surface area contributed by atoms with E-state index in [4.69, 9.17) is 28.6 Å². The highest BCUT2D eigenvalue weighted by Gasteiger charge is 2.21. The summed E-state index contributed by atoms with van der Waals surface area (Å²) in [6, 6.07) is 2.08. The fourth-order valence-electron chi connectivity index (χ4n) is 3.95. The minimum atomic E-state index is -1.13. The van der Waals surface area contributed by atoms with Crippen molar-refractivity contribution < 1.29 is 13.9 Å². The number of fused-ring (bicyclic) bond motifs is 1. The fraction of sp³-hybridized carbons (Fsp3) is 0.455. The van der Waals surface area contributed by atoms with E-state index in [0.717, 1.165) is 45.0 Å². The molecule has 3 heterocycles. The van der Waals surface area contributed by atoms with Crippen LogP contribution in [-0.2, 0) is 36.2 Å². The smallest absolute Gasteiger partial charge is 0.341 e. The quantitative estimate of drug-likeness (QED) is 0.343.